The maximum Gasteiger partial charge on any atom is 0.241 e. The molecule has 0 radical (unpaired) electrons. The Morgan fingerprint density at radius 1 is 1.19 bits per heavy atom. The van der Waals surface area contributed by atoms with Crippen molar-refractivity contribution in [3.05, 3.63) is 54.1 Å². The number of nitrogens with one attached hydrogen (secondary N) is 3. The zero-order valence-corrected chi connectivity index (χ0v) is 20.6. The van der Waals surface area contributed by atoms with E-state index in [0.29, 0.717) is 5.69 Å². The Hall–Kier alpha value is -2.01. The van der Waals surface area contributed by atoms with Gasteiger partial charge in [-0.3, -0.25) is 14.9 Å². The highest BCUT2D eigenvalue weighted by molar-refractivity contribution is 8.00. The molecule has 10 heteroatoms. The predicted octanol–water partition coefficient (Wildman–Crippen LogP) is 3.05. The smallest absolute Gasteiger partial charge is 0.241 e. The second-order valence-corrected chi connectivity index (χ2v) is 11.7. The van der Waals surface area contributed by atoms with E-state index in [2.05, 4.69) is 16.0 Å². The van der Waals surface area contributed by atoms with Crippen molar-refractivity contribution in [2.75, 3.05) is 23.9 Å². The molecule has 0 saturated carbocycles. The van der Waals surface area contributed by atoms with Gasteiger partial charge in [0.15, 0.2) is 15.1 Å². The van der Waals surface area contributed by atoms with E-state index in [1.165, 1.54) is 11.8 Å². The van der Waals surface area contributed by atoms with Gasteiger partial charge in [-0.15, -0.1) is 23.5 Å². The van der Waals surface area contributed by atoms with E-state index >= 15 is 0 Å². The number of rotatable bonds is 8. The average Bonchev–Trinajstić information content (AvgIpc) is 2.77. The van der Waals surface area contributed by atoms with Crippen molar-refractivity contribution in [2.45, 2.75) is 40.3 Å². The van der Waals surface area contributed by atoms with Crippen LogP contribution in [-0.2, 0) is 19.4 Å². The van der Waals surface area contributed by atoms with Gasteiger partial charge in [0.05, 0.1) is 10.6 Å². The molecule has 1 aliphatic heterocycles. The summed E-state index contributed by atoms with van der Waals surface area (Å²) in [5, 5.41) is 7.28. The second kappa shape index (κ2) is 10.7. The van der Waals surface area contributed by atoms with Crippen molar-refractivity contribution in [1.82, 2.24) is 10.6 Å². The highest BCUT2D eigenvalue weighted by Gasteiger charge is 2.38. The number of sulfone groups is 1. The minimum atomic E-state index is -3.82. The fraction of sp³-hybridized carbons (Fsp3) is 0.364. The molecule has 2 unspecified atom stereocenters. The highest BCUT2D eigenvalue weighted by atomic mass is 32.2. The van der Waals surface area contributed by atoms with Gasteiger partial charge in [-0.2, -0.15) is 0 Å². The van der Waals surface area contributed by atoms with Crippen LogP contribution >= 0.6 is 23.5 Å². The minimum Gasteiger partial charge on any atom is -0.331 e. The van der Waals surface area contributed by atoms with Crippen LogP contribution in [0.2, 0.25) is 0 Å². The van der Waals surface area contributed by atoms with Crippen LogP contribution < -0.4 is 16.0 Å². The lowest BCUT2D eigenvalue weighted by Gasteiger charge is -2.29. The molecule has 0 bridgehead atoms. The second-order valence-electron chi connectivity index (χ2n) is 7.65. The van der Waals surface area contributed by atoms with Gasteiger partial charge >= 0.3 is 0 Å². The lowest BCUT2D eigenvalue weighted by atomic mass is 10.0. The zero-order valence-electron chi connectivity index (χ0n) is 18.1. The maximum atomic E-state index is 12.9. The van der Waals surface area contributed by atoms with Crippen molar-refractivity contribution in [3.8, 4) is 0 Å². The Balaban J connectivity index is 1.54. The minimum absolute atomic E-state index is 0.0187. The maximum absolute atomic E-state index is 12.9. The van der Waals surface area contributed by atoms with E-state index in [0.717, 1.165) is 10.5 Å². The third-order valence-electron chi connectivity index (χ3n) is 5.04. The molecule has 2 amide bonds. The number of carbonyl (C=O) groups is 2. The van der Waals surface area contributed by atoms with Crippen molar-refractivity contribution >= 4 is 50.9 Å². The fourth-order valence-corrected chi connectivity index (χ4v) is 5.97. The molecule has 2 aromatic carbocycles. The van der Waals surface area contributed by atoms with Gasteiger partial charge in [-0.25, -0.2) is 8.42 Å². The number of benzene rings is 2. The van der Waals surface area contributed by atoms with Crippen LogP contribution in [0.4, 0.5) is 5.69 Å². The van der Waals surface area contributed by atoms with Crippen molar-refractivity contribution < 1.29 is 18.0 Å². The van der Waals surface area contributed by atoms with Crippen LogP contribution in [0.1, 0.15) is 25.3 Å². The van der Waals surface area contributed by atoms with Crippen LogP contribution in [-0.4, -0.2) is 49.5 Å². The molecule has 0 aromatic heterocycles. The van der Waals surface area contributed by atoms with Gasteiger partial charge < -0.3 is 10.6 Å². The monoisotopic (exact) mass is 493 g/mol. The first-order chi connectivity index (χ1) is 15.2. The number of anilines is 1. The molecule has 1 saturated heterocycles. The quantitative estimate of drug-likeness (QED) is 0.486. The highest BCUT2D eigenvalue weighted by Crippen LogP contribution is 2.23. The van der Waals surface area contributed by atoms with Crippen LogP contribution in [0.5, 0.6) is 0 Å². The van der Waals surface area contributed by atoms with Gasteiger partial charge in [-0.05, 0) is 48.1 Å². The van der Waals surface area contributed by atoms with Gasteiger partial charge in [-0.1, -0.05) is 32.0 Å². The Bertz CT molecular complexity index is 1070. The lowest BCUT2D eigenvalue weighted by Crippen LogP contribution is -2.59. The van der Waals surface area contributed by atoms with Crippen LogP contribution in [0.15, 0.2) is 58.3 Å². The third kappa shape index (κ3) is 6.06. The Morgan fingerprint density at radius 2 is 1.91 bits per heavy atom. The molecule has 0 spiro atoms. The molecular weight excluding hydrogens is 466 g/mol. The van der Waals surface area contributed by atoms with E-state index in [-0.39, 0.29) is 29.0 Å². The fourth-order valence-electron chi connectivity index (χ4n) is 3.19. The third-order valence-corrected chi connectivity index (χ3v) is 8.87. The first-order valence-electron chi connectivity index (χ1n) is 10.1. The molecule has 2 atom stereocenters. The van der Waals surface area contributed by atoms with Gasteiger partial charge in [0.2, 0.25) is 11.8 Å². The molecule has 1 heterocycles. The number of amides is 2. The van der Waals surface area contributed by atoms with E-state index < -0.39 is 26.5 Å². The molecule has 1 fully saturated rings. The summed E-state index contributed by atoms with van der Waals surface area (Å²) < 4.78 is 25.9. The SMILES string of the molecule is CSc1cccc(NC(=O)CSC2NCC(S(=O)(=O)c3ccc(C(C)C)cc3)C(=O)N2)c1. The van der Waals surface area contributed by atoms with Gasteiger partial charge in [0, 0.05) is 17.1 Å². The summed E-state index contributed by atoms with van der Waals surface area (Å²) in [5.74, 6) is -0.377. The largest absolute Gasteiger partial charge is 0.331 e. The predicted molar refractivity (Wildman–Crippen MR) is 131 cm³/mol. The molecule has 32 heavy (non-hydrogen) atoms. The molecule has 3 rings (SSSR count). The zero-order chi connectivity index (χ0) is 23.3. The topological polar surface area (TPSA) is 104 Å². The number of thioether (sulfide) groups is 2. The first-order valence-corrected chi connectivity index (χ1v) is 14.0. The normalized spacial score (nSPS) is 18.9. The molecule has 172 valence electrons. The van der Waals surface area contributed by atoms with Crippen LogP contribution in [0.3, 0.4) is 0 Å². The standard InChI is InChI=1S/C22H27N3O4S3/c1-14(2)15-7-9-18(10-8-15)32(28,29)19-12-23-22(25-21(19)27)31-13-20(26)24-16-5-4-6-17(11-16)30-3/h4-11,14,19,22-23H,12-13H2,1-3H3,(H,24,26)(H,25,27). The number of hydrogen-bond donors (Lipinski definition) is 3. The number of carbonyl (C=O) groups excluding carboxylic acids is 2. The summed E-state index contributed by atoms with van der Waals surface area (Å²) in [6, 6.07) is 14.2. The molecule has 0 aliphatic carbocycles. The van der Waals surface area contributed by atoms with E-state index in [4.69, 9.17) is 0 Å². The van der Waals surface area contributed by atoms with Gasteiger partial charge in [0.25, 0.3) is 0 Å². The lowest BCUT2D eigenvalue weighted by molar-refractivity contribution is -0.122. The Morgan fingerprint density at radius 3 is 2.53 bits per heavy atom. The molecule has 7 nitrogen and oxygen atoms in total. The summed E-state index contributed by atoms with van der Waals surface area (Å²) >= 11 is 2.78. The van der Waals surface area contributed by atoms with Crippen molar-refractivity contribution in [2.24, 2.45) is 0 Å². The molecule has 3 N–H and O–H groups in total. The Kier molecular flexibility index (Phi) is 8.26. The molecule has 1 aliphatic rings. The number of hydrogen-bond acceptors (Lipinski definition) is 7. The summed E-state index contributed by atoms with van der Waals surface area (Å²) in [6.45, 7) is 4.04. The summed E-state index contributed by atoms with van der Waals surface area (Å²) in [4.78, 5) is 26.0. The van der Waals surface area contributed by atoms with E-state index in [1.807, 2.05) is 44.4 Å². The van der Waals surface area contributed by atoms with E-state index in [9.17, 15) is 18.0 Å². The molecular formula is C22H27N3O4S3. The van der Waals surface area contributed by atoms with Crippen LogP contribution in [0, 0.1) is 0 Å². The summed E-state index contributed by atoms with van der Waals surface area (Å²) in [6.07, 6.45) is 1.96. The van der Waals surface area contributed by atoms with Crippen molar-refractivity contribution in [3.63, 3.8) is 0 Å². The van der Waals surface area contributed by atoms with Gasteiger partial charge in [0.1, 0.15) is 5.50 Å². The van der Waals surface area contributed by atoms with Crippen molar-refractivity contribution in [1.29, 1.82) is 0 Å². The first kappa shape index (κ1) is 24.6. The van der Waals surface area contributed by atoms with E-state index in [1.54, 1.807) is 36.0 Å². The Labute approximate surface area is 197 Å². The molecule has 2 aromatic rings. The summed E-state index contributed by atoms with van der Waals surface area (Å²) in [5.41, 5.74) is 1.20. The summed E-state index contributed by atoms with van der Waals surface area (Å²) in [7, 11) is -3.82. The average molecular weight is 494 g/mol. The van der Waals surface area contributed by atoms with Crippen LogP contribution in [0.25, 0.3) is 0 Å².